The molecule has 1 fully saturated rings. The summed E-state index contributed by atoms with van der Waals surface area (Å²) in [7, 11) is 0. The molecule has 0 spiro atoms. The monoisotopic (exact) mass is 242 g/mol. The van der Waals surface area contributed by atoms with Gasteiger partial charge in [-0.05, 0) is 45.7 Å². The maximum atomic E-state index is 12.0. The Morgan fingerprint density at radius 1 is 1.47 bits per heavy atom. The number of nitrogens with one attached hydrogen (secondary N) is 1. The van der Waals surface area contributed by atoms with E-state index in [0.717, 1.165) is 39.2 Å². The maximum Gasteiger partial charge on any atom is 0.222 e. The van der Waals surface area contributed by atoms with Crippen LogP contribution in [-0.2, 0) is 9.53 Å². The topological polar surface area (TPSA) is 41.6 Å². The number of carbonyl (C=O) groups is 1. The lowest BCUT2D eigenvalue weighted by Gasteiger charge is -2.21. The fraction of sp³-hybridized carbons (Fsp3) is 0.923. The third-order valence-corrected chi connectivity index (χ3v) is 3.37. The highest BCUT2D eigenvalue weighted by atomic mass is 16.5. The average molecular weight is 242 g/mol. The largest absolute Gasteiger partial charge is 0.380 e. The van der Waals surface area contributed by atoms with Crippen molar-refractivity contribution in [2.24, 2.45) is 5.92 Å². The Hall–Kier alpha value is -0.610. The van der Waals surface area contributed by atoms with Crippen LogP contribution in [0.5, 0.6) is 0 Å². The van der Waals surface area contributed by atoms with E-state index in [0.29, 0.717) is 18.9 Å². The first-order valence-electron chi connectivity index (χ1n) is 6.84. The van der Waals surface area contributed by atoms with Crippen LogP contribution in [0.3, 0.4) is 0 Å². The van der Waals surface area contributed by atoms with Crippen molar-refractivity contribution >= 4 is 5.91 Å². The van der Waals surface area contributed by atoms with Crippen LogP contribution < -0.4 is 5.32 Å². The molecule has 1 saturated heterocycles. The normalized spacial score (nSPS) is 19.5. The highest BCUT2D eigenvalue weighted by molar-refractivity contribution is 5.76. The summed E-state index contributed by atoms with van der Waals surface area (Å²) in [4.78, 5) is 13.9. The van der Waals surface area contributed by atoms with Gasteiger partial charge >= 0.3 is 0 Å². The zero-order valence-corrected chi connectivity index (χ0v) is 11.2. The van der Waals surface area contributed by atoms with Gasteiger partial charge in [0.2, 0.25) is 5.91 Å². The van der Waals surface area contributed by atoms with Crippen LogP contribution >= 0.6 is 0 Å². The van der Waals surface area contributed by atoms with Crippen LogP contribution in [0.2, 0.25) is 0 Å². The highest BCUT2D eigenvalue weighted by Crippen LogP contribution is 2.15. The highest BCUT2D eigenvalue weighted by Gasteiger charge is 2.17. The van der Waals surface area contributed by atoms with Gasteiger partial charge < -0.3 is 15.0 Å². The molecule has 1 heterocycles. The molecule has 0 aromatic carbocycles. The Labute approximate surface area is 105 Å². The number of rotatable bonds is 8. The van der Waals surface area contributed by atoms with E-state index in [1.54, 1.807) is 0 Å². The molecule has 1 atom stereocenters. The van der Waals surface area contributed by atoms with Gasteiger partial charge in [0.15, 0.2) is 0 Å². The molecule has 0 bridgehead atoms. The van der Waals surface area contributed by atoms with Gasteiger partial charge in [-0.15, -0.1) is 0 Å². The predicted octanol–water partition coefficient (Wildman–Crippen LogP) is 1.26. The lowest BCUT2D eigenvalue weighted by atomic mass is 10.0. The van der Waals surface area contributed by atoms with Crippen LogP contribution in [0.25, 0.3) is 0 Å². The number of ether oxygens (including phenoxy) is 1. The summed E-state index contributed by atoms with van der Waals surface area (Å²) in [5.41, 5.74) is 0. The molecule has 4 heteroatoms. The summed E-state index contributed by atoms with van der Waals surface area (Å²) in [6, 6.07) is 0. The number of amides is 1. The van der Waals surface area contributed by atoms with Gasteiger partial charge in [0.25, 0.3) is 0 Å². The summed E-state index contributed by atoms with van der Waals surface area (Å²) >= 11 is 0. The minimum Gasteiger partial charge on any atom is -0.380 e. The molecule has 1 N–H and O–H groups in total. The van der Waals surface area contributed by atoms with Crippen LogP contribution in [-0.4, -0.2) is 50.2 Å². The molecule has 1 amide bonds. The van der Waals surface area contributed by atoms with Gasteiger partial charge in [-0.1, -0.05) is 0 Å². The van der Waals surface area contributed by atoms with E-state index in [-0.39, 0.29) is 5.91 Å². The van der Waals surface area contributed by atoms with Gasteiger partial charge in [-0.3, -0.25) is 4.79 Å². The number of likely N-dealkylation sites (N-methyl/N-ethyl adjacent to an activating group) is 1. The molecule has 0 saturated carbocycles. The van der Waals surface area contributed by atoms with E-state index in [9.17, 15) is 4.79 Å². The van der Waals surface area contributed by atoms with Gasteiger partial charge in [-0.2, -0.15) is 0 Å². The smallest absolute Gasteiger partial charge is 0.222 e. The Morgan fingerprint density at radius 3 is 2.88 bits per heavy atom. The van der Waals surface area contributed by atoms with Gasteiger partial charge in [0.1, 0.15) is 0 Å². The number of carbonyl (C=O) groups excluding carboxylic acids is 1. The van der Waals surface area contributed by atoms with E-state index >= 15 is 0 Å². The quantitative estimate of drug-likeness (QED) is 0.652. The van der Waals surface area contributed by atoms with E-state index in [2.05, 4.69) is 5.32 Å². The van der Waals surface area contributed by atoms with Crippen LogP contribution in [0.1, 0.15) is 33.1 Å². The Morgan fingerprint density at radius 2 is 2.29 bits per heavy atom. The molecule has 1 rings (SSSR count). The molecule has 4 nitrogen and oxygen atoms in total. The standard InChI is InChI=1S/C13H26N2O2/c1-3-15(9-10-17-4-2)13(16)6-5-12-7-8-14-11-12/h12,14H,3-11H2,1-2H3. The SMILES string of the molecule is CCOCCN(CC)C(=O)CCC1CCNC1. The minimum atomic E-state index is 0.277. The number of hydrogen-bond donors (Lipinski definition) is 1. The van der Waals surface area contributed by atoms with Gasteiger partial charge in [-0.25, -0.2) is 0 Å². The first-order chi connectivity index (χ1) is 8.27. The summed E-state index contributed by atoms with van der Waals surface area (Å²) in [5.74, 6) is 0.976. The fourth-order valence-electron chi connectivity index (χ4n) is 2.22. The van der Waals surface area contributed by atoms with Crippen molar-refractivity contribution in [2.45, 2.75) is 33.1 Å². The van der Waals surface area contributed by atoms with E-state index in [1.807, 2.05) is 18.7 Å². The van der Waals surface area contributed by atoms with Crippen LogP contribution in [0.15, 0.2) is 0 Å². The summed E-state index contributed by atoms with van der Waals surface area (Å²) in [5, 5.41) is 3.34. The van der Waals surface area contributed by atoms with Crippen LogP contribution in [0, 0.1) is 5.92 Å². The molecular formula is C13H26N2O2. The van der Waals surface area contributed by atoms with Crippen LogP contribution in [0.4, 0.5) is 0 Å². The summed E-state index contributed by atoms with van der Waals surface area (Å²) in [6.07, 6.45) is 2.93. The minimum absolute atomic E-state index is 0.277. The molecule has 17 heavy (non-hydrogen) atoms. The van der Waals surface area contributed by atoms with Crippen molar-refractivity contribution in [1.82, 2.24) is 10.2 Å². The zero-order chi connectivity index (χ0) is 12.5. The van der Waals surface area contributed by atoms with Crippen molar-refractivity contribution < 1.29 is 9.53 Å². The van der Waals surface area contributed by atoms with Crippen molar-refractivity contribution in [2.75, 3.05) is 39.4 Å². The first kappa shape index (κ1) is 14.5. The van der Waals surface area contributed by atoms with Crippen molar-refractivity contribution in [3.05, 3.63) is 0 Å². The summed E-state index contributed by atoms with van der Waals surface area (Å²) in [6.45, 7) is 9.09. The molecule has 0 aromatic rings. The lowest BCUT2D eigenvalue weighted by Crippen LogP contribution is -2.34. The molecular weight excluding hydrogens is 216 g/mol. The first-order valence-corrected chi connectivity index (χ1v) is 6.84. The molecule has 0 radical (unpaired) electrons. The second-order valence-corrected chi connectivity index (χ2v) is 4.57. The Bertz CT molecular complexity index is 215. The Kier molecular flexibility index (Phi) is 7.21. The third-order valence-electron chi connectivity index (χ3n) is 3.37. The maximum absolute atomic E-state index is 12.0. The van der Waals surface area contributed by atoms with Gasteiger partial charge in [0.05, 0.1) is 6.61 Å². The predicted molar refractivity (Wildman–Crippen MR) is 69.0 cm³/mol. The number of nitrogens with zero attached hydrogens (tertiary/aromatic N) is 1. The number of hydrogen-bond acceptors (Lipinski definition) is 3. The van der Waals surface area contributed by atoms with E-state index < -0.39 is 0 Å². The second kappa shape index (κ2) is 8.48. The summed E-state index contributed by atoms with van der Waals surface area (Å²) < 4.78 is 5.29. The molecule has 0 aliphatic carbocycles. The third kappa shape index (κ3) is 5.50. The Balaban J connectivity index is 2.17. The average Bonchev–Trinajstić information content (AvgIpc) is 2.85. The van der Waals surface area contributed by atoms with Gasteiger partial charge in [0, 0.05) is 26.1 Å². The molecule has 1 unspecified atom stereocenters. The van der Waals surface area contributed by atoms with E-state index in [1.165, 1.54) is 6.42 Å². The van der Waals surface area contributed by atoms with Crippen molar-refractivity contribution in [3.8, 4) is 0 Å². The molecule has 1 aliphatic rings. The second-order valence-electron chi connectivity index (χ2n) is 4.57. The fourth-order valence-corrected chi connectivity index (χ4v) is 2.22. The van der Waals surface area contributed by atoms with Crippen molar-refractivity contribution in [1.29, 1.82) is 0 Å². The molecule has 100 valence electrons. The lowest BCUT2D eigenvalue weighted by molar-refractivity contribution is -0.132. The van der Waals surface area contributed by atoms with Crippen molar-refractivity contribution in [3.63, 3.8) is 0 Å². The molecule has 1 aliphatic heterocycles. The van der Waals surface area contributed by atoms with E-state index in [4.69, 9.17) is 4.74 Å². The molecule has 0 aromatic heterocycles. The zero-order valence-electron chi connectivity index (χ0n) is 11.2.